The third kappa shape index (κ3) is 2.81. The number of rotatable bonds is 5. The van der Waals surface area contributed by atoms with Crippen molar-refractivity contribution in [1.82, 2.24) is 9.13 Å². The number of benzene rings is 1. The number of imidazole rings is 1. The summed E-state index contributed by atoms with van der Waals surface area (Å²) in [5.74, 6) is 0.740. The minimum absolute atomic E-state index is 0.00803. The molecule has 0 bridgehead atoms. The molecular formula is C14H19N3O2. The standard InChI is InChI=1S/C14H19N3O2/c1-3-6-16-7-8-17(14(16)18)10-11-9-12(15)4-5-13(11)19-2/h4-5,7-9H,3,6,10,15H2,1-2H3. The number of anilines is 1. The topological polar surface area (TPSA) is 62.2 Å². The van der Waals surface area contributed by atoms with Crippen molar-refractivity contribution < 1.29 is 4.74 Å². The van der Waals surface area contributed by atoms with E-state index in [1.807, 2.05) is 25.3 Å². The van der Waals surface area contributed by atoms with Gasteiger partial charge in [0.05, 0.1) is 13.7 Å². The lowest BCUT2D eigenvalue weighted by atomic mass is 10.2. The first-order chi connectivity index (χ1) is 9.15. The van der Waals surface area contributed by atoms with E-state index in [4.69, 9.17) is 10.5 Å². The van der Waals surface area contributed by atoms with E-state index in [9.17, 15) is 4.79 Å². The van der Waals surface area contributed by atoms with Crippen LogP contribution in [0, 0.1) is 0 Å². The Morgan fingerprint density at radius 2 is 2.00 bits per heavy atom. The molecule has 0 saturated heterocycles. The Bertz CT molecular complexity index is 613. The van der Waals surface area contributed by atoms with Crippen molar-refractivity contribution in [2.45, 2.75) is 26.4 Å². The van der Waals surface area contributed by atoms with E-state index < -0.39 is 0 Å². The van der Waals surface area contributed by atoms with Crippen LogP contribution in [0.5, 0.6) is 5.75 Å². The van der Waals surface area contributed by atoms with Crippen molar-refractivity contribution in [3.05, 3.63) is 46.6 Å². The number of nitrogens with zero attached hydrogens (tertiary/aromatic N) is 2. The van der Waals surface area contributed by atoms with Gasteiger partial charge in [0, 0.05) is 30.2 Å². The molecule has 0 spiro atoms. The van der Waals surface area contributed by atoms with Gasteiger partial charge in [-0.15, -0.1) is 0 Å². The Morgan fingerprint density at radius 3 is 2.68 bits per heavy atom. The van der Waals surface area contributed by atoms with Crippen LogP contribution in [0.3, 0.4) is 0 Å². The molecule has 19 heavy (non-hydrogen) atoms. The predicted octanol–water partition coefficient (Wildman–Crippen LogP) is 1.70. The highest BCUT2D eigenvalue weighted by Crippen LogP contribution is 2.21. The number of hydrogen-bond acceptors (Lipinski definition) is 3. The molecule has 1 aromatic heterocycles. The van der Waals surface area contributed by atoms with Gasteiger partial charge < -0.3 is 10.5 Å². The quantitative estimate of drug-likeness (QED) is 0.833. The molecule has 2 rings (SSSR count). The van der Waals surface area contributed by atoms with E-state index in [1.165, 1.54) is 0 Å². The monoisotopic (exact) mass is 261 g/mol. The SMILES string of the molecule is CCCn1ccn(Cc2cc(N)ccc2OC)c1=O. The minimum Gasteiger partial charge on any atom is -0.496 e. The summed E-state index contributed by atoms with van der Waals surface area (Å²) >= 11 is 0. The lowest BCUT2D eigenvalue weighted by molar-refractivity contribution is 0.408. The number of nitrogens with two attached hydrogens (primary N) is 1. The maximum atomic E-state index is 12.1. The van der Waals surface area contributed by atoms with Crippen LogP contribution in [-0.2, 0) is 13.1 Å². The zero-order valence-corrected chi connectivity index (χ0v) is 11.3. The average Bonchev–Trinajstić information content (AvgIpc) is 2.73. The molecule has 0 radical (unpaired) electrons. The second-order valence-corrected chi connectivity index (χ2v) is 4.47. The molecular weight excluding hydrogens is 242 g/mol. The van der Waals surface area contributed by atoms with E-state index in [0.29, 0.717) is 12.2 Å². The van der Waals surface area contributed by atoms with Crippen molar-refractivity contribution in [3.63, 3.8) is 0 Å². The largest absolute Gasteiger partial charge is 0.496 e. The van der Waals surface area contributed by atoms with Crippen molar-refractivity contribution in [3.8, 4) is 5.75 Å². The summed E-state index contributed by atoms with van der Waals surface area (Å²) in [7, 11) is 1.61. The molecule has 0 amide bonds. The molecule has 0 aliphatic carbocycles. The van der Waals surface area contributed by atoms with Gasteiger partial charge in [-0.2, -0.15) is 0 Å². The summed E-state index contributed by atoms with van der Waals surface area (Å²) < 4.78 is 8.66. The van der Waals surface area contributed by atoms with Crippen LogP contribution in [0.2, 0.25) is 0 Å². The van der Waals surface area contributed by atoms with E-state index >= 15 is 0 Å². The van der Waals surface area contributed by atoms with Gasteiger partial charge >= 0.3 is 5.69 Å². The lowest BCUT2D eigenvalue weighted by Crippen LogP contribution is -2.24. The van der Waals surface area contributed by atoms with E-state index in [-0.39, 0.29) is 5.69 Å². The first kappa shape index (κ1) is 13.3. The fraction of sp³-hybridized carbons (Fsp3) is 0.357. The van der Waals surface area contributed by atoms with Gasteiger partial charge in [-0.05, 0) is 24.6 Å². The molecule has 2 N–H and O–H groups in total. The number of aromatic nitrogens is 2. The molecule has 0 unspecified atom stereocenters. The Morgan fingerprint density at radius 1 is 1.26 bits per heavy atom. The summed E-state index contributed by atoms with van der Waals surface area (Å²) in [6.07, 6.45) is 4.54. The van der Waals surface area contributed by atoms with Crippen LogP contribution in [0.1, 0.15) is 18.9 Å². The maximum absolute atomic E-state index is 12.1. The molecule has 0 atom stereocenters. The second-order valence-electron chi connectivity index (χ2n) is 4.47. The summed E-state index contributed by atoms with van der Waals surface area (Å²) in [5, 5.41) is 0. The fourth-order valence-corrected chi connectivity index (χ4v) is 2.09. The zero-order valence-electron chi connectivity index (χ0n) is 11.3. The maximum Gasteiger partial charge on any atom is 0.328 e. The first-order valence-corrected chi connectivity index (χ1v) is 6.33. The molecule has 5 nitrogen and oxygen atoms in total. The summed E-state index contributed by atoms with van der Waals surface area (Å²) in [5.41, 5.74) is 7.34. The second kappa shape index (κ2) is 5.65. The number of methoxy groups -OCH3 is 1. The summed E-state index contributed by atoms with van der Waals surface area (Å²) in [6, 6.07) is 5.44. The van der Waals surface area contributed by atoms with Gasteiger partial charge in [-0.25, -0.2) is 4.79 Å². The Hall–Kier alpha value is -2.17. The molecule has 1 heterocycles. The van der Waals surface area contributed by atoms with Crippen molar-refractivity contribution in [2.24, 2.45) is 0 Å². The van der Waals surface area contributed by atoms with Gasteiger partial charge in [0.1, 0.15) is 5.75 Å². The zero-order chi connectivity index (χ0) is 13.8. The van der Waals surface area contributed by atoms with E-state index in [2.05, 4.69) is 0 Å². The predicted molar refractivity (Wildman–Crippen MR) is 75.5 cm³/mol. The molecule has 0 aliphatic rings. The molecule has 2 aromatic rings. The van der Waals surface area contributed by atoms with Gasteiger partial charge in [-0.3, -0.25) is 9.13 Å². The van der Waals surface area contributed by atoms with Crippen LogP contribution in [0.25, 0.3) is 0 Å². The lowest BCUT2D eigenvalue weighted by Gasteiger charge is -2.09. The van der Waals surface area contributed by atoms with Crippen molar-refractivity contribution in [1.29, 1.82) is 0 Å². The highest BCUT2D eigenvalue weighted by molar-refractivity contribution is 5.47. The summed E-state index contributed by atoms with van der Waals surface area (Å²) in [6.45, 7) is 3.24. The van der Waals surface area contributed by atoms with Gasteiger partial charge in [0.2, 0.25) is 0 Å². The van der Waals surface area contributed by atoms with E-state index in [0.717, 1.165) is 24.3 Å². The minimum atomic E-state index is -0.00803. The fourth-order valence-electron chi connectivity index (χ4n) is 2.09. The molecule has 0 aliphatic heterocycles. The van der Waals surface area contributed by atoms with Crippen molar-refractivity contribution in [2.75, 3.05) is 12.8 Å². The van der Waals surface area contributed by atoms with E-state index in [1.54, 1.807) is 28.5 Å². The highest BCUT2D eigenvalue weighted by Gasteiger charge is 2.08. The number of ether oxygens (including phenoxy) is 1. The Kier molecular flexibility index (Phi) is 3.94. The molecule has 0 saturated carbocycles. The van der Waals surface area contributed by atoms with Gasteiger partial charge in [0.15, 0.2) is 0 Å². The number of hydrogen-bond donors (Lipinski definition) is 1. The third-order valence-electron chi connectivity index (χ3n) is 3.03. The van der Waals surface area contributed by atoms with Crippen LogP contribution >= 0.6 is 0 Å². The Balaban J connectivity index is 2.31. The molecule has 5 heteroatoms. The molecule has 102 valence electrons. The first-order valence-electron chi connectivity index (χ1n) is 6.33. The summed E-state index contributed by atoms with van der Waals surface area (Å²) in [4.78, 5) is 12.1. The van der Waals surface area contributed by atoms with Gasteiger partial charge in [0.25, 0.3) is 0 Å². The normalized spacial score (nSPS) is 10.6. The molecule has 1 aromatic carbocycles. The smallest absolute Gasteiger partial charge is 0.328 e. The molecule has 0 fully saturated rings. The Labute approximate surface area is 112 Å². The third-order valence-corrected chi connectivity index (χ3v) is 3.03. The average molecular weight is 261 g/mol. The van der Waals surface area contributed by atoms with Crippen LogP contribution in [-0.4, -0.2) is 16.2 Å². The number of aryl methyl sites for hydroxylation is 1. The van der Waals surface area contributed by atoms with Gasteiger partial charge in [-0.1, -0.05) is 6.92 Å². The highest BCUT2D eigenvalue weighted by atomic mass is 16.5. The van der Waals surface area contributed by atoms with Crippen molar-refractivity contribution >= 4 is 5.69 Å². The number of nitrogen functional groups attached to an aromatic ring is 1. The van der Waals surface area contributed by atoms with Crippen LogP contribution in [0.15, 0.2) is 35.4 Å². The van der Waals surface area contributed by atoms with Crippen LogP contribution in [0.4, 0.5) is 5.69 Å². The van der Waals surface area contributed by atoms with Crippen LogP contribution < -0.4 is 16.2 Å².